The van der Waals surface area contributed by atoms with E-state index in [0.717, 1.165) is 45.4 Å². The normalized spacial score (nSPS) is 17.4. The van der Waals surface area contributed by atoms with Gasteiger partial charge in [0.15, 0.2) is 0 Å². The molecule has 47 heavy (non-hydrogen) atoms. The molecule has 3 aliphatic carbocycles. The Morgan fingerprint density at radius 2 is 1.26 bits per heavy atom. The van der Waals surface area contributed by atoms with Crippen LogP contribution in [-0.2, 0) is 5.41 Å². The van der Waals surface area contributed by atoms with Gasteiger partial charge in [-0.15, -0.1) is 0 Å². The maximum atomic E-state index is 5.05. The zero-order valence-corrected chi connectivity index (χ0v) is 27.2. The molecule has 0 saturated heterocycles. The lowest BCUT2D eigenvalue weighted by Gasteiger charge is -2.33. The molecule has 0 saturated carbocycles. The van der Waals surface area contributed by atoms with E-state index in [9.17, 15) is 0 Å². The minimum Gasteiger partial charge on any atom is -0.292 e. The van der Waals surface area contributed by atoms with E-state index in [0.29, 0.717) is 0 Å². The third-order valence-corrected chi connectivity index (χ3v) is 10.9. The maximum Gasteiger partial charge on any atom is 0.145 e. The number of imidazole rings is 1. The number of aromatic nitrogens is 2. The Labute approximate surface area is 282 Å². The summed E-state index contributed by atoms with van der Waals surface area (Å²) in [4.78, 5) is 5.05. The number of allylic oxidation sites excluding steroid dienone is 4. The fraction of sp³-hybridized carbons (Fsp3) is 0.0682. The molecule has 1 heterocycles. The summed E-state index contributed by atoms with van der Waals surface area (Å²) >= 11 is 3.84. The van der Waals surface area contributed by atoms with E-state index in [4.69, 9.17) is 4.98 Å². The van der Waals surface area contributed by atoms with Gasteiger partial charge < -0.3 is 0 Å². The van der Waals surface area contributed by atoms with Crippen molar-refractivity contribution in [1.29, 1.82) is 0 Å². The Kier molecular flexibility index (Phi) is 5.80. The van der Waals surface area contributed by atoms with Gasteiger partial charge in [-0.2, -0.15) is 0 Å². The van der Waals surface area contributed by atoms with E-state index in [1.165, 1.54) is 55.7 Å². The first-order chi connectivity index (χ1) is 23.2. The number of benzene rings is 6. The molecule has 0 bridgehead atoms. The lowest BCUT2D eigenvalue weighted by Crippen LogP contribution is -2.27. The maximum absolute atomic E-state index is 5.05. The van der Waals surface area contributed by atoms with Gasteiger partial charge in [-0.25, -0.2) is 4.98 Å². The van der Waals surface area contributed by atoms with Crippen LogP contribution in [0.15, 0.2) is 162 Å². The minimum atomic E-state index is -0.326. The second kappa shape index (κ2) is 10.1. The van der Waals surface area contributed by atoms with Gasteiger partial charge in [0.2, 0.25) is 0 Å². The average Bonchev–Trinajstić information content (AvgIpc) is 3.76. The highest BCUT2D eigenvalue weighted by atomic mass is 79.9. The molecule has 1 spiro atoms. The first-order valence-electron chi connectivity index (χ1n) is 16.3. The molecule has 0 aliphatic heterocycles. The molecule has 0 radical (unpaired) electrons. The van der Waals surface area contributed by atoms with Crippen LogP contribution in [-0.4, -0.2) is 9.55 Å². The van der Waals surface area contributed by atoms with Crippen LogP contribution in [0.25, 0.3) is 50.4 Å². The molecule has 3 aliphatic rings. The van der Waals surface area contributed by atoms with Crippen LogP contribution < -0.4 is 0 Å². The molecule has 10 rings (SSSR count). The standard InChI is InChI=1S/C44H29BrN2/c45-31-21-25-36-34-13-5-7-15-38(34)44(40(36)27-31)37-14-6-4-12-33(37)35-24-20-30(26-39(35)44)28-18-22-32(23-19-28)47-42-17-9-8-16-41(42)46-43(47)29-10-2-1-3-11-29/h1-19,21-23,25-27H,20,24H2. The summed E-state index contributed by atoms with van der Waals surface area (Å²) < 4.78 is 3.41. The van der Waals surface area contributed by atoms with Crippen molar-refractivity contribution in [3.63, 3.8) is 0 Å². The summed E-state index contributed by atoms with van der Waals surface area (Å²) in [7, 11) is 0. The summed E-state index contributed by atoms with van der Waals surface area (Å²) in [5.74, 6) is 0.960. The monoisotopic (exact) mass is 664 g/mol. The summed E-state index contributed by atoms with van der Waals surface area (Å²) in [5, 5.41) is 0. The summed E-state index contributed by atoms with van der Waals surface area (Å²) in [5.41, 5.74) is 17.8. The first-order valence-corrected chi connectivity index (χ1v) is 17.1. The molecule has 222 valence electrons. The molecular formula is C44H29BrN2. The SMILES string of the molecule is Brc1ccc2c(c1)C1(C3=C(CCC(c4ccc(-n5c(-c6ccccc6)nc6ccccc65)cc4)=C3)c3ccccc31)c1ccccc1-2. The lowest BCUT2D eigenvalue weighted by atomic mass is 9.68. The van der Waals surface area contributed by atoms with Gasteiger partial charge in [0.25, 0.3) is 0 Å². The quantitative estimate of drug-likeness (QED) is 0.184. The van der Waals surface area contributed by atoms with E-state index in [1.54, 1.807) is 0 Å². The van der Waals surface area contributed by atoms with Crippen molar-refractivity contribution in [2.45, 2.75) is 18.3 Å². The Balaban J connectivity index is 1.13. The van der Waals surface area contributed by atoms with Crippen LogP contribution >= 0.6 is 15.9 Å². The van der Waals surface area contributed by atoms with Crippen molar-refractivity contribution in [3.05, 3.63) is 190 Å². The van der Waals surface area contributed by atoms with E-state index in [-0.39, 0.29) is 5.41 Å². The van der Waals surface area contributed by atoms with Gasteiger partial charge in [-0.1, -0.05) is 131 Å². The topological polar surface area (TPSA) is 17.8 Å². The van der Waals surface area contributed by atoms with Crippen molar-refractivity contribution in [3.8, 4) is 28.2 Å². The fourth-order valence-corrected chi connectivity index (χ4v) is 8.87. The number of halogens is 1. The molecule has 7 aromatic rings. The number of rotatable bonds is 3. The molecule has 0 amide bonds. The van der Waals surface area contributed by atoms with Gasteiger partial charge in [-0.3, -0.25) is 4.57 Å². The van der Waals surface area contributed by atoms with E-state index < -0.39 is 0 Å². The second-order valence-electron chi connectivity index (χ2n) is 12.8. The van der Waals surface area contributed by atoms with Crippen LogP contribution in [0.2, 0.25) is 0 Å². The smallest absolute Gasteiger partial charge is 0.145 e. The number of hydrogen-bond donors (Lipinski definition) is 0. The lowest BCUT2D eigenvalue weighted by molar-refractivity contribution is 0.781. The van der Waals surface area contributed by atoms with Crippen molar-refractivity contribution in [2.24, 2.45) is 0 Å². The second-order valence-corrected chi connectivity index (χ2v) is 13.7. The van der Waals surface area contributed by atoms with Crippen LogP contribution in [0.5, 0.6) is 0 Å². The molecule has 3 heteroatoms. The number of nitrogens with zero attached hydrogens (tertiary/aromatic N) is 2. The predicted octanol–water partition coefficient (Wildman–Crippen LogP) is 11.4. The van der Waals surface area contributed by atoms with E-state index in [1.807, 2.05) is 0 Å². The van der Waals surface area contributed by atoms with Crippen molar-refractivity contribution >= 4 is 38.1 Å². The van der Waals surface area contributed by atoms with E-state index >= 15 is 0 Å². The largest absolute Gasteiger partial charge is 0.292 e. The number of hydrogen-bond acceptors (Lipinski definition) is 1. The van der Waals surface area contributed by atoms with Gasteiger partial charge >= 0.3 is 0 Å². The number of para-hydroxylation sites is 2. The van der Waals surface area contributed by atoms with Crippen LogP contribution in [0.1, 0.15) is 40.7 Å². The third kappa shape index (κ3) is 3.75. The summed E-state index contributed by atoms with van der Waals surface area (Å²) in [6.07, 6.45) is 4.57. The van der Waals surface area contributed by atoms with Crippen LogP contribution in [0, 0.1) is 0 Å². The first kappa shape index (κ1) is 26.9. The molecule has 0 N–H and O–H groups in total. The Bertz CT molecular complexity index is 2460. The van der Waals surface area contributed by atoms with Crippen molar-refractivity contribution < 1.29 is 0 Å². The molecule has 6 aromatic carbocycles. The third-order valence-electron chi connectivity index (χ3n) is 10.4. The molecular weight excluding hydrogens is 636 g/mol. The van der Waals surface area contributed by atoms with Gasteiger partial charge in [0, 0.05) is 15.7 Å². The molecule has 0 fully saturated rings. The predicted molar refractivity (Wildman–Crippen MR) is 197 cm³/mol. The van der Waals surface area contributed by atoms with E-state index in [2.05, 4.69) is 172 Å². The van der Waals surface area contributed by atoms with Gasteiger partial charge in [-0.05, 0) is 105 Å². The zero-order chi connectivity index (χ0) is 31.1. The van der Waals surface area contributed by atoms with Gasteiger partial charge in [0.05, 0.1) is 16.4 Å². The molecule has 1 atom stereocenters. The Morgan fingerprint density at radius 1 is 0.574 bits per heavy atom. The molecule has 1 unspecified atom stereocenters. The number of fused-ring (bicyclic) bond motifs is 10. The van der Waals surface area contributed by atoms with Crippen molar-refractivity contribution in [2.75, 3.05) is 0 Å². The van der Waals surface area contributed by atoms with Crippen LogP contribution in [0.3, 0.4) is 0 Å². The zero-order valence-electron chi connectivity index (χ0n) is 25.6. The van der Waals surface area contributed by atoms with Crippen molar-refractivity contribution in [1.82, 2.24) is 9.55 Å². The fourth-order valence-electron chi connectivity index (χ4n) is 8.51. The highest BCUT2D eigenvalue weighted by Crippen LogP contribution is 2.64. The summed E-state index contributed by atoms with van der Waals surface area (Å²) in [6, 6.07) is 53.0. The highest BCUT2D eigenvalue weighted by Gasteiger charge is 2.52. The highest BCUT2D eigenvalue weighted by molar-refractivity contribution is 9.10. The molecule has 1 aromatic heterocycles. The average molecular weight is 666 g/mol. The molecule has 2 nitrogen and oxygen atoms in total. The summed E-state index contributed by atoms with van der Waals surface area (Å²) in [6.45, 7) is 0. The Hall–Kier alpha value is -5.25. The van der Waals surface area contributed by atoms with Crippen LogP contribution in [0.4, 0.5) is 0 Å². The Morgan fingerprint density at radius 3 is 2.09 bits per heavy atom. The minimum absolute atomic E-state index is 0.326. The van der Waals surface area contributed by atoms with Gasteiger partial charge in [0.1, 0.15) is 5.82 Å².